The zero-order valence-corrected chi connectivity index (χ0v) is 10.6. The summed E-state index contributed by atoms with van der Waals surface area (Å²) < 4.78 is 1.29. The van der Waals surface area contributed by atoms with Crippen molar-refractivity contribution in [1.82, 2.24) is 0 Å². The van der Waals surface area contributed by atoms with Crippen molar-refractivity contribution in [2.75, 3.05) is 0 Å². The van der Waals surface area contributed by atoms with E-state index in [1.165, 1.54) is 28.5 Å². The molecule has 0 aliphatic heterocycles. The van der Waals surface area contributed by atoms with Crippen LogP contribution in [0.4, 0.5) is 0 Å². The maximum Gasteiger partial charge on any atom is 0.140 e. The van der Waals surface area contributed by atoms with E-state index in [4.69, 9.17) is 0 Å². The minimum absolute atomic E-state index is 0.341. The van der Waals surface area contributed by atoms with Gasteiger partial charge in [0.15, 0.2) is 0 Å². The predicted octanol–water partition coefficient (Wildman–Crippen LogP) is 4.20. The number of rotatable bonds is 3. The smallest absolute Gasteiger partial charge is 0.140 e. The Bertz CT molecular complexity index is 535. The van der Waals surface area contributed by atoms with Gasteiger partial charge in [-0.05, 0) is 35.2 Å². The summed E-state index contributed by atoms with van der Waals surface area (Å²) in [6, 6.07) is 8.37. The molecule has 1 saturated carbocycles. The molecule has 1 fully saturated rings. The second kappa shape index (κ2) is 4.61. The lowest BCUT2D eigenvalue weighted by molar-refractivity contribution is -0.122. The quantitative estimate of drug-likeness (QED) is 0.790. The largest absolute Gasteiger partial charge is 0.299 e. The van der Waals surface area contributed by atoms with E-state index in [9.17, 15) is 4.79 Å². The van der Waals surface area contributed by atoms with Crippen LogP contribution >= 0.6 is 11.3 Å². The van der Waals surface area contributed by atoms with Gasteiger partial charge in [0, 0.05) is 17.0 Å². The van der Waals surface area contributed by atoms with Gasteiger partial charge in [0.2, 0.25) is 0 Å². The highest BCUT2D eigenvalue weighted by molar-refractivity contribution is 7.17. The molecule has 88 valence electrons. The molecule has 1 heterocycles. The Morgan fingerprint density at radius 1 is 1.24 bits per heavy atom. The molecule has 1 aliphatic carbocycles. The summed E-state index contributed by atoms with van der Waals surface area (Å²) in [5, 5.41) is 3.42. The van der Waals surface area contributed by atoms with Crippen molar-refractivity contribution >= 4 is 27.2 Å². The van der Waals surface area contributed by atoms with E-state index < -0.39 is 0 Å². The monoisotopic (exact) mass is 244 g/mol. The molecule has 0 radical (unpaired) electrons. The molecule has 1 aromatic heterocycles. The SMILES string of the molecule is O=C(Cc1csc2ccccc12)C1CCCC1. The highest BCUT2D eigenvalue weighted by atomic mass is 32.1. The van der Waals surface area contributed by atoms with Crippen LogP contribution < -0.4 is 0 Å². The Morgan fingerprint density at radius 3 is 2.82 bits per heavy atom. The van der Waals surface area contributed by atoms with Crippen molar-refractivity contribution in [2.45, 2.75) is 32.1 Å². The fourth-order valence-electron chi connectivity index (χ4n) is 2.75. The fourth-order valence-corrected chi connectivity index (χ4v) is 3.71. The molecule has 0 amide bonds. The van der Waals surface area contributed by atoms with Crippen LogP contribution in [-0.2, 0) is 11.2 Å². The summed E-state index contributed by atoms with van der Waals surface area (Å²) in [6.45, 7) is 0. The molecule has 17 heavy (non-hydrogen) atoms. The van der Waals surface area contributed by atoms with Gasteiger partial charge in [-0.25, -0.2) is 0 Å². The second-order valence-electron chi connectivity index (χ2n) is 4.88. The zero-order valence-electron chi connectivity index (χ0n) is 9.82. The van der Waals surface area contributed by atoms with Crippen LogP contribution in [0, 0.1) is 5.92 Å². The summed E-state index contributed by atoms with van der Waals surface area (Å²) in [6.07, 6.45) is 5.33. The maximum absolute atomic E-state index is 12.2. The zero-order chi connectivity index (χ0) is 11.7. The fraction of sp³-hybridized carbons (Fsp3) is 0.400. The van der Waals surface area contributed by atoms with Gasteiger partial charge in [0.1, 0.15) is 5.78 Å². The third-order valence-electron chi connectivity index (χ3n) is 3.74. The molecule has 0 N–H and O–H groups in total. The molecular weight excluding hydrogens is 228 g/mol. The Kier molecular flexibility index (Phi) is 2.98. The lowest BCUT2D eigenvalue weighted by atomic mass is 9.96. The van der Waals surface area contributed by atoms with E-state index >= 15 is 0 Å². The van der Waals surface area contributed by atoms with Gasteiger partial charge < -0.3 is 0 Å². The number of Topliss-reactive ketones (excluding diaryl/α,β-unsaturated/α-hetero) is 1. The summed E-state index contributed by atoms with van der Waals surface area (Å²) in [5.74, 6) is 0.791. The molecule has 3 rings (SSSR count). The minimum atomic E-state index is 0.341. The molecular formula is C15H16OS. The number of carbonyl (C=O) groups is 1. The van der Waals surface area contributed by atoms with Crippen molar-refractivity contribution in [1.29, 1.82) is 0 Å². The Balaban J connectivity index is 1.82. The van der Waals surface area contributed by atoms with Gasteiger partial charge in [-0.15, -0.1) is 11.3 Å². The third-order valence-corrected chi connectivity index (χ3v) is 4.75. The minimum Gasteiger partial charge on any atom is -0.299 e. The first-order valence-corrected chi connectivity index (χ1v) is 7.20. The molecule has 0 bridgehead atoms. The first kappa shape index (κ1) is 11.0. The molecule has 0 saturated heterocycles. The topological polar surface area (TPSA) is 17.1 Å². The van der Waals surface area contributed by atoms with Crippen LogP contribution in [0.15, 0.2) is 29.6 Å². The van der Waals surface area contributed by atoms with E-state index in [-0.39, 0.29) is 0 Å². The normalized spacial score (nSPS) is 16.7. The van der Waals surface area contributed by atoms with Gasteiger partial charge in [0.05, 0.1) is 0 Å². The summed E-state index contributed by atoms with van der Waals surface area (Å²) >= 11 is 1.75. The predicted molar refractivity (Wildman–Crippen MR) is 72.5 cm³/mol. The van der Waals surface area contributed by atoms with Crippen molar-refractivity contribution in [3.8, 4) is 0 Å². The molecule has 1 nitrogen and oxygen atoms in total. The van der Waals surface area contributed by atoms with Crippen molar-refractivity contribution < 1.29 is 4.79 Å². The number of ketones is 1. The van der Waals surface area contributed by atoms with E-state index in [0.717, 1.165) is 12.8 Å². The van der Waals surface area contributed by atoms with Gasteiger partial charge in [-0.2, -0.15) is 0 Å². The number of thiophene rings is 1. The number of fused-ring (bicyclic) bond motifs is 1. The van der Waals surface area contributed by atoms with Crippen LogP contribution in [0.25, 0.3) is 10.1 Å². The van der Waals surface area contributed by atoms with Crippen LogP contribution in [-0.4, -0.2) is 5.78 Å². The maximum atomic E-state index is 12.2. The van der Waals surface area contributed by atoms with Crippen LogP contribution in [0.1, 0.15) is 31.2 Å². The first-order valence-electron chi connectivity index (χ1n) is 6.32. The van der Waals surface area contributed by atoms with Gasteiger partial charge in [-0.3, -0.25) is 4.79 Å². The molecule has 1 aromatic carbocycles. The molecule has 1 aliphatic rings. The molecule has 0 atom stereocenters. The Hall–Kier alpha value is -1.15. The number of benzene rings is 1. The number of hydrogen-bond donors (Lipinski definition) is 0. The first-order chi connectivity index (χ1) is 8.34. The van der Waals surface area contributed by atoms with Crippen molar-refractivity contribution in [3.63, 3.8) is 0 Å². The van der Waals surface area contributed by atoms with Crippen LogP contribution in [0.2, 0.25) is 0 Å². The lowest BCUT2D eigenvalue weighted by Gasteiger charge is -2.06. The molecule has 2 heteroatoms. The van der Waals surface area contributed by atoms with Gasteiger partial charge in [0.25, 0.3) is 0 Å². The summed E-state index contributed by atoms with van der Waals surface area (Å²) in [4.78, 5) is 12.2. The Labute approximate surface area is 105 Å². The average Bonchev–Trinajstić information content (AvgIpc) is 2.98. The summed E-state index contributed by atoms with van der Waals surface area (Å²) in [5.41, 5.74) is 1.22. The van der Waals surface area contributed by atoms with E-state index in [1.54, 1.807) is 11.3 Å². The number of carbonyl (C=O) groups excluding carboxylic acids is 1. The van der Waals surface area contributed by atoms with Crippen LogP contribution in [0.5, 0.6) is 0 Å². The molecule has 2 aromatic rings. The van der Waals surface area contributed by atoms with Gasteiger partial charge in [-0.1, -0.05) is 31.0 Å². The van der Waals surface area contributed by atoms with E-state index in [1.807, 2.05) is 0 Å². The Morgan fingerprint density at radius 2 is 2.00 bits per heavy atom. The highest BCUT2D eigenvalue weighted by Gasteiger charge is 2.23. The third kappa shape index (κ3) is 2.14. The standard InChI is InChI=1S/C15H16OS/c16-14(11-5-1-2-6-11)9-12-10-17-15-8-4-3-7-13(12)15/h3-4,7-8,10-11H,1-2,5-6,9H2. The highest BCUT2D eigenvalue weighted by Crippen LogP contribution is 2.30. The molecule has 0 unspecified atom stereocenters. The van der Waals surface area contributed by atoms with Crippen molar-refractivity contribution in [3.05, 3.63) is 35.2 Å². The average molecular weight is 244 g/mol. The van der Waals surface area contributed by atoms with Gasteiger partial charge >= 0.3 is 0 Å². The summed E-state index contributed by atoms with van der Waals surface area (Å²) in [7, 11) is 0. The number of hydrogen-bond acceptors (Lipinski definition) is 2. The van der Waals surface area contributed by atoms with Crippen LogP contribution in [0.3, 0.4) is 0 Å². The van der Waals surface area contributed by atoms with E-state index in [0.29, 0.717) is 18.1 Å². The lowest BCUT2D eigenvalue weighted by Crippen LogP contribution is -2.13. The molecule has 0 spiro atoms. The van der Waals surface area contributed by atoms with Crippen molar-refractivity contribution in [2.24, 2.45) is 5.92 Å². The second-order valence-corrected chi connectivity index (χ2v) is 5.79. The van der Waals surface area contributed by atoms with E-state index in [2.05, 4.69) is 29.6 Å².